The van der Waals surface area contributed by atoms with Gasteiger partial charge in [-0.25, -0.2) is 20.0 Å². The van der Waals surface area contributed by atoms with Gasteiger partial charge in [-0.3, -0.25) is 0 Å². The van der Waals surface area contributed by atoms with E-state index in [2.05, 4.69) is 85.1 Å². The van der Waals surface area contributed by atoms with Crippen LogP contribution in [0.3, 0.4) is 0 Å². The van der Waals surface area contributed by atoms with E-state index in [0.717, 1.165) is 91.7 Å². The number of aliphatic imine (C=N–C) groups is 2. The normalized spacial score (nSPS) is 15.2. The molecule has 0 aliphatic carbocycles. The summed E-state index contributed by atoms with van der Waals surface area (Å²) < 4.78 is 14.6. The minimum Gasteiger partial charge on any atom is -0.494 e. The molecule has 0 unspecified atom stereocenters. The van der Waals surface area contributed by atoms with Gasteiger partial charge >= 0.3 is 0 Å². The monoisotopic (exact) mass is 808 g/mol. The summed E-state index contributed by atoms with van der Waals surface area (Å²) in [5.41, 5.74) is 7.60. The predicted octanol–water partition coefficient (Wildman–Crippen LogP) is 13.2. The van der Waals surface area contributed by atoms with Crippen molar-refractivity contribution in [2.24, 2.45) is 9.98 Å². The number of unbranched alkanes of at least 4 members (excludes halogenated alkanes) is 10. The molecule has 2 aromatic heterocycles. The topological polar surface area (TPSA) is 93.0 Å². The van der Waals surface area contributed by atoms with Crippen LogP contribution in [0, 0.1) is 0 Å². The largest absolute Gasteiger partial charge is 0.494 e. The van der Waals surface area contributed by atoms with E-state index in [1.54, 1.807) is 22.7 Å². The highest BCUT2D eigenvalue weighted by Gasteiger charge is 2.39. The van der Waals surface area contributed by atoms with Crippen LogP contribution in [-0.2, 0) is 0 Å². The Bertz CT molecular complexity index is 2200. The number of ether oxygens (including phenoxy) is 2. The molecule has 2 aliphatic rings. The smallest absolute Gasteiger partial charge is 0.212 e. The standard InChI is InChI=1S/C48H52N6O2S2/c1-3-5-7-9-11-17-31-55-35-27-23-33(24-28-35)43-41-42(46(51-43)54-48-50-38-20-14-16-22-40(38)58-48)44(52-45(41)53-47-49-37-19-13-15-21-39(37)57-47)34-25-29-36(30-26-34)56-32-18-12-10-8-6-4-2/h13-16,19-30H,3-12,17-18,31-32H2,1-2H3,(H,50,51,54)(H,49,52,53). The molecule has 6 aromatic rings. The van der Waals surface area contributed by atoms with Gasteiger partial charge in [-0.15, -0.1) is 0 Å². The van der Waals surface area contributed by atoms with E-state index in [1.165, 1.54) is 64.2 Å². The van der Waals surface area contributed by atoms with Crippen molar-refractivity contribution in [3.63, 3.8) is 0 Å². The number of thiazole rings is 2. The van der Waals surface area contributed by atoms with Crippen LogP contribution in [0.25, 0.3) is 31.8 Å². The number of fused-ring (bicyclic) bond motifs is 3. The number of hydrogen-bond donors (Lipinski definition) is 2. The lowest BCUT2D eigenvalue weighted by Crippen LogP contribution is -2.21. The average molecular weight is 809 g/mol. The van der Waals surface area contributed by atoms with Crippen molar-refractivity contribution in [3.05, 3.63) is 119 Å². The quantitative estimate of drug-likeness (QED) is 0.0746. The first kappa shape index (κ1) is 39.5. The molecule has 0 radical (unpaired) electrons. The number of para-hydroxylation sites is 2. The van der Waals surface area contributed by atoms with Crippen molar-refractivity contribution in [3.8, 4) is 11.5 Å². The first-order chi connectivity index (χ1) is 28.7. The Labute approximate surface area is 349 Å². The maximum Gasteiger partial charge on any atom is 0.212 e. The molecule has 2 N–H and O–H groups in total. The van der Waals surface area contributed by atoms with Gasteiger partial charge in [-0.2, -0.15) is 0 Å². The zero-order valence-electron chi connectivity index (χ0n) is 33.6. The summed E-state index contributed by atoms with van der Waals surface area (Å²) in [6, 6.07) is 33.1. The number of benzene rings is 4. The second kappa shape index (κ2) is 19.4. The van der Waals surface area contributed by atoms with E-state index in [9.17, 15) is 0 Å². The summed E-state index contributed by atoms with van der Waals surface area (Å²) in [6.45, 7) is 5.95. The van der Waals surface area contributed by atoms with Crippen LogP contribution >= 0.6 is 22.7 Å². The molecule has 0 bridgehead atoms. The summed E-state index contributed by atoms with van der Waals surface area (Å²) in [7, 11) is 0. The average Bonchev–Trinajstić information content (AvgIpc) is 4.04. The van der Waals surface area contributed by atoms with Crippen molar-refractivity contribution < 1.29 is 9.47 Å². The lowest BCUT2D eigenvalue weighted by atomic mass is 10.0. The molecule has 4 heterocycles. The SMILES string of the molecule is CCCCCCCCOc1ccc(C2=C3C(=C(c4ccc(OCCCCCCCC)cc4)N/C3=N\c3nc4ccccc4s3)/C(=N/c3nc4ccccc4s3)N2)cc1. The maximum absolute atomic E-state index is 6.18. The van der Waals surface area contributed by atoms with Crippen molar-refractivity contribution >= 4 is 76.4 Å². The fourth-order valence-corrected chi connectivity index (χ4v) is 9.08. The van der Waals surface area contributed by atoms with Gasteiger partial charge in [0.25, 0.3) is 0 Å². The molecule has 0 saturated heterocycles. The highest BCUT2D eigenvalue weighted by atomic mass is 32.1. The molecular formula is C48H52N6O2S2. The Kier molecular flexibility index (Phi) is 13.2. The molecule has 10 heteroatoms. The minimum absolute atomic E-state index is 0.685. The second-order valence-corrected chi connectivity index (χ2v) is 16.9. The molecule has 0 atom stereocenters. The Hall–Kier alpha value is -5.32. The molecule has 2 aliphatic heterocycles. The van der Waals surface area contributed by atoms with Crippen LogP contribution in [0.4, 0.5) is 10.3 Å². The molecule has 58 heavy (non-hydrogen) atoms. The number of nitrogens with zero attached hydrogens (tertiary/aromatic N) is 4. The van der Waals surface area contributed by atoms with E-state index in [1.807, 2.05) is 36.4 Å². The van der Waals surface area contributed by atoms with Gasteiger partial charge in [0.05, 0.1) is 56.2 Å². The van der Waals surface area contributed by atoms with Gasteiger partial charge < -0.3 is 20.1 Å². The van der Waals surface area contributed by atoms with Gasteiger partial charge in [0.2, 0.25) is 10.3 Å². The van der Waals surface area contributed by atoms with Crippen molar-refractivity contribution in [2.45, 2.75) is 90.9 Å². The van der Waals surface area contributed by atoms with Crippen molar-refractivity contribution in [2.75, 3.05) is 13.2 Å². The predicted molar refractivity (Wildman–Crippen MR) is 244 cm³/mol. The van der Waals surface area contributed by atoms with Crippen LogP contribution in [0.5, 0.6) is 11.5 Å². The maximum atomic E-state index is 6.18. The lowest BCUT2D eigenvalue weighted by Gasteiger charge is -2.12. The van der Waals surface area contributed by atoms with Crippen LogP contribution in [0.1, 0.15) is 102 Å². The summed E-state index contributed by atoms with van der Waals surface area (Å²) >= 11 is 3.16. The molecule has 0 fully saturated rings. The zero-order chi connectivity index (χ0) is 39.5. The second-order valence-electron chi connectivity index (χ2n) is 14.9. The fraction of sp³-hybridized carbons (Fsp3) is 0.333. The van der Waals surface area contributed by atoms with Crippen LogP contribution in [0.2, 0.25) is 0 Å². The van der Waals surface area contributed by atoms with E-state index in [-0.39, 0.29) is 0 Å². The Balaban J connectivity index is 1.14. The molecule has 0 saturated carbocycles. The van der Waals surface area contributed by atoms with Crippen molar-refractivity contribution in [1.82, 2.24) is 20.6 Å². The molecule has 8 nitrogen and oxygen atoms in total. The fourth-order valence-electron chi connectivity index (χ4n) is 7.40. The summed E-state index contributed by atoms with van der Waals surface area (Å²) in [4.78, 5) is 20.2. The molecule has 8 rings (SSSR count). The number of rotatable bonds is 20. The van der Waals surface area contributed by atoms with E-state index in [4.69, 9.17) is 29.4 Å². The molecule has 0 spiro atoms. The third kappa shape index (κ3) is 9.51. The van der Waals surface area contributed by atoms with E-state index < -0.39 is 0 Å². The van der Waals surface area contributed by atoms with E-state index in [0.29, 0.717) is 21.9 Å². The van der Waals surface area contributed by atoms with Gasteiger partial charge in [-0.1, -0.05) is 125 Å². The highest BCUT2D eigenvalue weighted by molar-refractivity contribution is 7.22. The third-order valence-electron chi connectivity index (χ3n) is 10.5. The van der Waals surface area contributed by atoms with Crippen LogP contribution in [0.15, 0.2) is 118 Å². The van der Waals surface area contributed by atoms with Crippen molar-refractivity contribution in [1.29, 1.82) is 0 Å². The number of aromatic nitrogens is 2. The first-order valence-electron chi connectivity index (χ1n) is 21.1. The van der Waals surface area contributed by atoms with Crippen LogP contribution < -0.4 is 20.1 Å². The summed E-state index contributed by atoms with van der Waals surface area (Å²) in [6.07, 6.45) is 14.8. The molecule has 0 amide bonds. The highest BCUT2D eigenvalue weighted by Crippen LogP contribution is 2.42. The number of nitrogens with one attached hydrogen (secondary N) is 2. The number of amidine groups is 2. The first-order valence-corrected chi connectivity index (χ1v) is 22.7. The Morgan fingerprint density at radius 2 is 0.879 bits per heavy atom. The summed E-state index contributed by atoms with van der Waals surface area (Å²) in [5, 5.41) is 8.85. The van der Waals surface area contributed by atoms with Gasteiger partial charge in [0.15, 0.2) is 0 Å². The summed E-state index contributed by atoms with van der Waals surface area (Å²) in [5.74, 6) is 3.17. The third-order valence-corrected chi connectivity index (χ3v) is 12.4. The minimum atomic E-state index is 0.685. The van der Waals surface area contributed by atoms with Crippen LogP contribution in [-0.4, -0.2) is 34.9 Å². The Morgan fingerprint density at radius 3 is 1.29 bits per heavy atom. The molecule has 4 aromatic carbocycles. The number of hydrogen-bond acceptors (Lipinski definition) is 8. The van der Waals surface area contributed by atoms with Gasteiger partial charge in [0, 0.05) is 0 Å². The molecule has 298 valence electrons. The van der Waals surface area contributed by atoms with Gasteiger partial charge in [-0.05, 0) is 96.8 Å². The Morgan fingerprint density at radius 1 is 0.483 bits per heavy atom. The van der Waals surface area contributed by atoms with Gasteiger partial charge in [0.1, 0.15) is 23.2 Å². The molecular weight excluding hydrogens is 757 g/mol. The lowest BCUT2D eigenvalue weighted by molar-refractivity contribution is 0.304. The van der Waals surface area contributed by atoms with E-state index >= 15 is 0 Å². The zero-order valence-corrected chi connectivity index (χ0v) is 35.2.